The molecule has 0 atom stereocenters. The number of halogens is 1. The first kappa shape index (κ1) is 22.9. The average Bonchev–Trinajstić information content (AvgIpc) is 3.50. The minimum absolute atomic E-state index is 0.206. The van der Waals surface area contributed by atoms with Crippen molar-refractivity contribution in [3.05, 3.63) is 76.7 Å². The van der Waals surface area contributed by atoms with E-state index in [0.717, 1.165) is 31.2 Å². The van der Waals surface area contributed by atoms with E-state index in [0.29, 0.717) is 44.6 Å². The summed E-state index contributed by atoms with van der Waals surface area (Å²) in [5.74, 6) is 0.0723. The van der Waals surface area contributed by atoms with Gasteiger partial charge < -0.3 is 20.9 Å². The van der Waals surface area contributed by atoms with Crippen molar-refractivity contribution >= 4 is 51.6 Å². The Kier molecular flexibility index (Phi) is 6.13. The minimum Gasteiger partial charge on any atom is -0.383 e. The number of nitrogens with two attached hydrogens (primary N) is 1. The Morgan fingerprint density at radius 2 is 1.80 bits per heavy atom. The summed E-state index contributed by atoms with van der Waals surface area (Å²) in [6.07, 6.45) is 7.67. The normalized spacial score (nSPS) is 13.8. The van der Waals surface area contributed by atoms with Gasteiger partial charge in [0.1, 0.15) is 17.8 Å². The lowest BCUT2D eigenvalue weighted by atomic mass is 10.0. The second-order valence-corrected chi connectivity index (χ2v) is 9.21. The van der Waals surface area contributed by atoms with Crippen LogP contribution in [0.5, 0.6) is 0 Å². The zero-order chi connectivity index (χ0) is 24.5. The molecule has 5 rings (SSSR count). The molecule has 0 aliphatic heterocycles. The number of nitrogens with one attached hydrogen (secondary N) is 2. The molecule has 1 fully saturated rings. The number of aromatic nitrogens is 3. The summed E-state index contributed by atoms with van der Waals surface area (Å²) in [6, 6.07) is 11.9. The van der Waals surface area contributed by atoms with Crippen LogP contribution in [0, 0.1) is 6.92 Å². The number of hydrogen-bond donors (Lipinski definition) is 3. The summed E-state index contributed by atoms with van der Waals surface area (Å²) >= 11 is 6.14. The zero-order valence-electron chi connectivity index (χ0n) is 19.2. The Hall–Kier alpha value is -3.91. The van der Waals surface area contributed by atoms with Crippen LogP contribution in [0.25, 0.3) is 11.0 Å². The van der Waals surface area contributed by atoms with Crippen molar-refractivity contribution in [2.45, 2.75) is 38.6 Å². The largest absolute Gasteiger partial charge is 0.383 e. The SMILES string of the molecule is Cc1ccc(NC(=O)Nc2cccc(C(=O)c3cn(C4CCCC4)c4ncnc(N)c34)c2)cc1Cl. The number of benzene rings is 2. The number of nitrogens with zero attached hydrogens (tertiary/aromatic N) is 3. The van der Waals surface area contributed by atoms with E-state index in [4.69, 9.17) is 17.3 Å². The van der Waals surface area contributed by atoms with Crippen LogP contribution < -0.4 is 16.4 Å². The van der Waals surface area contributed by atoms with Gasteiger partial charge in [-0.25, -0.2) is 14.8 Å². The lowest BCUT2D eigenvalue weighted by molar-refractivity contribution is 0.104. The lowest BCUT2D eigenvalue weighted by Gasteiger charge is -2.12. The van der Waals surface area contributed by atoms with Crippen LogP contribution in [0.2, 0.25) is 5.02 Å². The molecule has 0 saturated heterocycles. The van der Waals surface area contributed by atoms with Gasteiger partial charge in [-0.05, 0) is 49.6 Å². The molecule has 1 aliphatic rings. The number of nitrogen functional groups attached to an aromatic ring is 1. The highest BCUT2D eigenvalue weighted by Crippen LogP contribution is 2.35. The maximum atomic E-state index is 13.6. The topological polar surface area (TPSA) is 115 Å². The van der Waals surface area contributed by atoms with Crippen molar-refractivity contribution in [2.75, 3.05) is 16.4 Å². The molecule has 1 aliphatic carbocycles. The van der Waals surface area contributed by atoms with Gasteiger partial charge >= 0.3 is 6.03 Å². The molecule has 2 heterocycles. The number of carbonyl (C=O) groups is 2. The molecule has 2 amide bonds. The van der Waals surface area contributed by atoms with Gasteiger partial charge in [-0.2, -0.15) is 0 Å². The second kappa shape index (κ2) is 9.38. The number of hydrogen-bond acceptors (Lipinski definition) is 5. The van der Waals surface area contributed by atoms with E-state index < -0.39 is 6.03 Å². The highest BCUT2D eigenvalue weighted by atomic mass is 35.5. The number of aryl methyl sites for hydroxylation is 1. The summed E-state index contributed by atoms with van der Waals surface area (Å²) < 4.78 is 2.07. The summed E-state index contributed by atoms with van der Waals surface area (Å²) in [7, 11) is 0. The fourth-order valence-corrected chi connectivity index (χ4v) is 4.78. The molecule has 4 aromatic rings. The molecule has 2 aromatic carbocycles. The lowest BCUT2D eigenvalue weighted by Crippen LogP contribution is -2.19. The maximum Gasteiger partial charge on any atom is 0.323 e. The summed E-state index contributed by atoms with van der Waals surface area (Å²) in [6.45, 7) is 1.89. The van der Waals surface area contributed by atoms with Crippen LogP contribution in [0.1, 0.15) is 53.2 Å². The molecule has 0 radical (unpaired) electrons. The highest BCUT2D eigenvalue weighted by molar-refractivity contribution is 6.31. The summed E-state index contributed by atoms with van der Waals surface area (Å²) in [5.41, 5.74) is 9.72. The van der Waals surface area contributed by atoms with Crippen molar-refractivity contribution < 1.29 is 9.59 Å². The number of rotatable bonds is 5. The zero-order valence-corrected chi connectivity index (χ0v) is 20.0. The first-order valence-electron chi connectivity index (χ1n) is 11.5. The molecule has 0 bridgehead atoms. The highest BCUT2D eigenvalue weighted by Gasteiger charge is 2.25. The maximum absolute atomic E-state index is 13.6. The number of amides is 2. The summed E-state index contributed by atoms with van der Waals surface area (Å²) in [5, 5.41) is 6.65. The quantitative estimate of drug-likeness (QED) is 0.299. The third kappa shape index (κ3) is 4.57. The van der Waals surface area contributed by atoms with E-state index in [1.165, 1.54) is 6.33 Å². The number of anilines is 3. The van der Waals surface area contributed by atoms with Gasteiger partial charge in [0.15, 0.2) is 5.78 Å². The Bertz CT molecular complexity index is 1440. The van der Waals surface area contributed by atoms with Gasteiger partial charge in [0.05, 0.1) is 10.9 Å². The average molecular weight is 489 g/mol. The molecule has 1 saturated carbocycles. The van der Waals surface area contributed by atoms with Gasteiger partial charge in [0.2, 0.25) is 0 Å². The van der Waals surface area contributed by atoms with Crippen molar-refractivity contribution in [3.8, 4) is 0 Å². The first-order valence-corrected chi connectivity index (χ1v) is 11.9. The molecular formula is C26H25ClN6O2. The van der Waals surface area contributed by atoms with Crippen molar-refractivity contribution in [1.29, 1.82) is 0 Å². The Morgan fingerprint density at radius 3 is 2.54 bits per heavy atom. The molecular weight excluding hydrogens is 464 g/mol. The fourth-order valence-electron chi connectivity index (χ4n) is 4.60. The van der Waals surface area contributed by atoms with E-state index in [1.807, 2.05) is 19.2 Å². The Balaban J connectivity index is 1.41. The third-order valence-corrected chi connectivity index (χ3v) is 6.82. The van der Waals surface area contributed by atoms with Crippen LogP contribution in [-0.4, -0.2) is 26.3 Å². The smallest absolute Gasteiger partial charge is 0.323 e. The number of carbonyl (C=O) groups excluding carboxylic acids is 2. The van der Waals surface area contributed by atoms with Gasteiger partial charge in [0.25, 0.3) is 0 Å². The van der Waals surface area contributed by atoms with E-state index in [9.17, 15) is 9.59 Å². The van der Waals surface area contributed by atoms with E-state index >= 15 is 0 Å². The van der Waals surface area contributed by atoms with Crippen LogP contribution in [0.15, 0.2) is 55.0 Å². The Morgan fingerprint density at radius 1 is 1.06 bits per heavy atom. The first-order chi connectivity index (χ1) is 16.9. The molecule has 35 heavy (non-hydrogen) atoms. The van der Waals surface area contributed by atoms with Crippen molar-refractivity contribution in [2.24, 2.45) is 0 Å². The minimum atomic E-state index is -0.440. The molecule has 0 spiro atoms. The third-order valence-electron chi connectivity index (χ3n) is 6.41. The Labute approximate surface area is 207 Å². The van der Waals surface area contributed by atoms with E-state index in [-0.39, 0.29) is 11.6 Å². The van der Waals surface area contributed by atoms with Gasteiger partial charge in [0, 0.05) is 34.2 Å². The van der Waals surface area contributed by atoms with Crippen LogP contribution in [-0.2, 0) is 0 Å². The van der Waals surface area contributed by atoms with Crippen molar-refractivity contribution in [3.63, 3.8) is 0 Å². The second-order valence-electron chi connectivity index (χ2n) is 8.80. The number of ketones is 1. The predicted octanol–water partition coefficient (Wildman–Crippen LogP) is 5.97. The molecule has 9 heteroatoms. The van der Waals surface area contributed by atoms with Crippen molar-refractivity contribution in [1.82, 2.24) is 14.5 Å². The predicted molar refractivity (Wildman–Crippen MR) is 138 cm³/mol. The van der Waals surface area contributed by atoms with E-state index in [2.05, 4.69) is 25.2 Å². The molecule has 8 nitrogen and oxygen atoms in total. The standard InChI is InChI=1S/C26H25ClN6O2/c1-15-9-10-18(12-21(15)27)32-26(35)31-17-6-4-5-16(11-17)23(34)20-13-33(19-7-2-3-8-19)25-22(20)24(28)29-14-30-25/h4-6,9-14,19H,2-3,7-8H2,1H3,(H2,28,29,30)(H2,31,32,35). The molecule has 0 unspecified atom stereocenters. The monoisotopic (exact) mass is 488 g/mol. The van der Waals surface area contributed by atoms with Crippen LogP contribution >= 0.6 is 11.6 Å². The number of fused-ring (bicyclic) bond motifs is 1. The van der Waals surface area contributed by atoms with Gasteiger partial charge in [-0.3, -0.25) is 4.79 Å². The van der Waals surface area contributed by atoms with Gasteiger partial charge in [-0.1, -0.05) is 42.6 Å². The van der Waals surface area contributed by atoms with E-state index in [1.54, 1.807) is 36.4 Å². The van der Waals surface area contributed by atoms with Crippen LogP contribution in [0.4, 0.5) is 22.0 Å². The van der Waals surface area contributed by atoms with Gasteiger partial charge in [-0.15, -0.1) is 0 Å². The number of urea groups is 1. The molecule has 2 aromatic heterocycles. The fraction of sp³-hybridized carbons (Fsp3) is 0.231. The molecule has 4 N–H and O–H groups in total. The molecule has 178 valence electrons. The summed E-state index contributed by atoms with van der Waals surface area (Å²) in [4.78, 5) is 34.6. The van der Waals surface area contributed by atoms with Crippen LogP contribution in [0.3, 0.4) is 0 Å².